The lowest BCUT2D eigenvalue weighted by molar-refractivity contribution is -0.199. The molecule has 0 amide bonds. The van der Waals surface area contributed by atoms with Crippen molar-refractivity contribution in [2.45, 2.75) is 31.8 Å². The molecule has 0 bridgehead atoms. The lowest BCUT2D eigenvalue weighted by Crippen LogP contribution is -2.55. The van der Waals surface area contributed by atoms with Crippen LogP contribution < -0.4 is 0 Å². The van der Waals surface area contributed by atoms with Crippen LogP contribution in [0.5, 0.6) is 0 Å². The molecule has 0 N–H and O–H groups in total. The Morgan fingerprint density at radius 3 is 2.82 bits per heavy atom. The van der Waals surface area contributed by atoms with Gasteiger partial charge in [-0.15, -0.1) is 6.58 Å². The molecule has 1 saturated carbocycles. The number of ether oxygens (including phenoxy) is 1. The van der Waals surface area contributed by atoms with E-state index in [2.05, 4.69) is 13.5 Å². The zero-order valence-corrected chi connectivity index (χ0v) is 7.18. The van der Waals surface area contributed by atoms with E-state index < -0.39 is 0 Å². The third-order valence-corrected chi connectivity index (χ3v) is 3.27. The lowest BCUT2D eigenvalue weighted by atomic mass is 9.68. The van der Waals surface area contributed by atoms with E-state index >= 15 is 0 Å². The molecule has 3 atom stereocenters. The SMILES string of the molecule is C=CC12CC(C)CCC1CO2. The summed E-state index contributed by atoms with van der Waals surface area (Å²) in [7, 11) is 0. The Morgan fingerprint density at radius 1 is 1.55 bits per heavy atom. The van der Waals surface area contributed by atoms with Crippen LogP contribution in [-0.2, 0) is 4.74 Å². The van der Waals surface area contributed by atoms with E-state index in [4.69, 9.17) is 4.74 Å². The van der Waals surface area contributed by atoms with Gasteiger partial charge in [0, 0.05) is 5.92 Å². The maximum absolute atomic E-state index is 5.62. The second-order valence-corrected chi connectivity index (χ2v) is 4.05. The predicted octanol–water partition coefficient (Wildman–Crippen LogP) is 2.38. The van der Waals surface area contributed by atoms with Gasteiger partial charge in [-0.2, -0.15) is 0 Å². The molecule has 1 heteroatoms. The molecule has 0 spiro atoms. The average Bonchev–Trinajstić information content (AvgIpc) is 1.96. The summed E-state index contributed by atoms with van der Waals surface area (Å²) in [6.45, 7) is 7.15. The fourth-order valence-corrected chi connectivity index (χ4v) is 2.41. The Hall–Kier alpha value is -0.300. The van der Waals surface area contributed by atoms with Crippen LogP contribution in [-0.4, -0.2) is 12.2 Å². The maximum atomic E-state index is 5.62. The van der Waals surface area contributed by atoms with Crippen molar-refractivity contribution in [1.29, 1.82) is 0 Å². The molecule has 11 heavy (non-hydrogen) atoms. The van der Waals surface area contributed by atoms with E-state index in [0.29, 0.717) is 0 Å². The molecule has 1 saturated heterocycles. The van der Waals surface area contributed by atoms with Gasteiger partial charge in [0.05, 0.1) is 12.2 Å². The Balaban J connectivity index is 2.11. The van der Waals surface area contributed by atoms with Crippen molar-refractivity contribution in [1.82, 2.24) is 0 Å². The summed E-state index contributed by atoms with van der Waals surface area (Å²) in [6.07, 6.45) is 5.94. The van der Waals surface area contributed by atoms with Crippen LogP contribution in [0, 0.1) is 11.8 Å². The van der Waals surface area contributed by atoms with Crippen molar-refractivity contribution < 1.29 is 4.74 Å². The zero-order chi connectivity index (χ0) is 7.90. The molecule has 3 unspecified atom stereocenters. The molecule has 1 heterocycles. The van der Waals surface area contributed by atoms with Gasteiger partial charge in [-0.3, -0.25) is 0 Å². The highest BCUT2D eigenvalue weighted by atomic mass is 16.5. The van der Waals surface area contributed by atoms with Gasteiger partial charge in [-0.05, 0) is 18.8 Å². The minimum absolute atomic E-state index is 0.0949. The van der Waals surface area contributed by atoms with Gasteiger partial charge in [-0.25, -0.2) is 0 Å². The molecule has 2 aliphatic rings. The molecule has 1 aliphatic carbocycles. The normalized spacial score (nSPS) is 49.2. The van der Waals surface area contributed by atoms with E-state index in [0.717, 1.165) is 18.4 Å². The highest BCUT2D eigenvalue weighted by Gasteiger charge is 2.48. The van der Waals surface area contributed by atoms with Gasteiger partial charge in [0.2, 0.25) is 0 Å². The topological polar surface area (TPSA) is 9.23 Å². The lowest BCUT2D eigenvalue weighted by Gasteiger charge is -2.52. The van der Waals surface area contributed by atoms with E-state index in [1.165, 1.54) is 19.3 Å². The van der Waals surface area contributed by atoms with Crippen LogP contribution >= 0.6 is 0 Å². The summed E-state index contributed by atoms with van der Waals surface area (Å²) in [4.78, 5) is 0. The quantitative estimate of drug-likeness (QED) is 0.524. The summed E-state index contributed by atoms with van der Waals surface area (Å²) in [5, 5.41) is 0. The first-order valence-corrected chi connectivity index (χ1v) is 4.54. The molecule has 0 aromatic rings. The second-order valence-electron chi connectivity index (χ2n) is 4.05. The largest absolute Gasteiger partial charge is 0.370 e. The molecule has 62 valence electrons. The van der Waals surface area contributed by atoms with Crippen LogP contribution in [0.2, 0.25) is 0 Å². The van der Waals surface area contributed by atoms with Crippen molar-refractivity contribution >= 4 is 0 Å². The number of hydrogen-bond acceptors (Lipinski definition) is 1. The molecule has 0 aromatic carbocycles. The van der Waals surface area contributed by atoms with Crippen molar-refractivity contribution in [3.05, 3.63) is 12.7 Å². The molecule has 2 fully saturated rings. The first-order chi connectivity index (χ1) is 5.27. The molecule has 1 nitrogen and oxygen atoms in total. The molecular weight excluding hydrogens is 136 g/mol. The van der Waals surface area contributed by atoms with Crippen molar-refractivity contribution in [3.63, 3.8) is 0 Å². The maximum Gasteiger partial charge on any atom is 0.0912 e. The van der Waals surface area contributed by atoms with Crippen LogP contribution in [0.1, 0.15) is 26.2 Å². The zero-order valence-electron chi connectivity index (χ0n) is 7.18. The van der Waals surface area contributed by atoms with Gasteiger partial charge in [0.1, 0.15) is 0 Å². The Morgan fingerprint density at radius 2 is 2.36 bits per heavy atom. The van der Waals surface area contributed by atoms with Gasteiger partial charge < -0.3 is 4.74 Å². The average molecular weight is 152 g/mol. The van der Waals surface area contributed by atoms with Gasteiger partial charge >= 0.3 is 0 Å². The fraction of sp³-hybridized carbons (Fsp3) is 0.800. The fourth-order valence-electron chi connectivity index (χ4n) is 2.41. The minimum atomic E-state index is 0.0949. The van der Waals surface area contributed by atoms with E-state index in [-0.39, 0.29) is 5.60 Å². The first kappa shape index (κ1) is 7.35. The molecular formula is C10H16O. The van der Waals surface area contributed by atoms with E-state index in [1.54, 1.807) is 0 Å². The summed E-state index contributed by atoms with van der Waals surface area (Å²) in [5.74, 6) is 1.61. The second kappa shape index (κ2) is 2.34. The first-order valence-electron chi connectivity index (χ1n) is 4.54. The molecule has 2 rings (SSSR count). The van der Waals surface area contributed by atoms with Crippen LogP contribution in [0.3, 0.4) is 0 Å². The molecule has 0 aromatic heterocycles. The number of rotatable bonds is 1. The smallest absolute Gasteiger partial charge is 0.0912 e. The number of fused-ring (bicyclic) bond motifs is 1. The monoisotopic (exact) mass is 152 g/mol. The third-order valence-electron chi connectivity index (χ3n) is 3.27. The van der Waals surface area contributed by atoms with Crippen molar-refractivity contribution in [2.75, 3.05) is 6.61 Å². The Labute approximate surface area is 68.4 Å². The highest BCUT2D eigenvalue weighted by Crippen LogP contribution is 2.47. The minimum Gasteiger partial charge on any atom is -0.370 e. The molecule has 0 radical (unpaired) electrons. The summed E-state index contributed by atoms with van der Waals surface area (Å²) in [6, 6.07) is 0. The van der Waals surface area contributed by atoms with Crippen molar-refractivity contribution in [3.8, 4) is 0 Å². The molecule has 1 aliphatic heterocycles. The van der Waals surface area contributed by atoms with E-state index in [9.17, 15) is 0 Å². The van der Waals surface area contributed by atoms with Crippen LogP contribution in [0.15, 0.2) is 12.7 Å². The summed E-state index contributed by atoms with van der Waals surface area (Å²) in [5.41, 5.74) is 0.0949. The third kappa shape index (κ3) is 0.943. The van der Waals surface area contributed by atoms with E-state index in [1.807, 2.05) is 6.08 Å². The summed E-state index contributed by atoms with van der Waals surface area (Å²) < 4.78 is 5.62. The predicted molar refractivity (Wildman–Crippen MR) is 45.4 cm³/mol. The Kier molecular flexibility index (Phi) is 1.57. The summed E-state index contributed by atoms with van der Waals surface area (Å²) >= 11 is 0. The Bertz CT molecular complexity index is 176. The number of hydrogen-bond donors (Lipinski definition) is 0. The van der Waals surface area contributed by atoms with Gasteiger partial charge in [0.15, 0.2) is 0 Å². The standard InChI is InChI=1S/C10H16O/c1-3-10-6-8(2)4-5-9(10)7-11-10/h3,8-9H,1,4-7H2,2H3. The van der Waals surface area contributed by atoms with Crippen LogP contribution in [0.25, 0.3) is 0 Å². The van der Waals surface area contributed by atoms with Gasteiger partial charge in [0.25, 0.3) is 0 Å². The highest BCUT2D eigenvalue weighted by molar-refractivity contribution is 5.10. The van der Waals surface area contributed by atoms with Crippen LogP contribution in [0.4, 0.5) is 0 Å². The van der Waals surface area contributed by atoms with Crippen molar-refractivity contribution in [2.24, 2.45) is 11.8 Å². The van der Waals surface area contributed by atoms with Gasteiger partial charge in [-0.1, -0.05) is 19.4 Å².